The molecule has 0 spiro atoms. The number of carboxylic acid groups (broad SMARTS) is 2. The Labute approximate surface area is 295 Å². The van der Waals surface area contributed by atoms with Gasteiger partial charge in [0.15, 0.2) is 5.96 Å². The number of nitrogens with zero attached hydrogens (tertiary/aromatic N) is 5. The van der Waals surface area contributed by atoms with E-state index < -0.39 is 34.1 Å². The lowest BCUT2D eigenvalue weighted by Gasteiger charge is -2.31. The van der Waals surface area contributed by atoms with Gasteiger partial charge in [0.25, 0.3) is 0 Å². The number of rotatable bonds is 23. The van der Waals surface area contributed by atoms with Crippen LogP contribution in [0.1, 0.15) is 89.3 Å². The second-order valence-corrected chi connectivity index (χ2v) is 14.4. The average molecular weight is 716 g/mol. The van der Waals surface area contributed by atoms with Gasteiger partial charge in [-0.25, -0.2) is 6.57 Å². The molecule has 0 amide bonds. The largest absolute Gasteiger partial charge is 0.481 e. The highest BCUT2D eigenvalue weighted by atomic mass is 32.2. The van der Waals surface area contributed by atoms with Crippen molar-refractivity contribution in [1.82, 2.24) is 15.0 Å². The number of thioether (sulfide) groups is 1. The molecule has 0 bridgehead atoms. The number of hydrogen-bond donors (Lipinski definition) is 4. The quantitative estimate of drug-likeness (QED) is 0.0314. The number of aromatic nitrogens is 3. The van der Waals surface area contributed by atoms with Crippen LogP contribution in [0.2, 0.25) is 0 Å². The maximum absolute atomic E-state index is 13.6. The molecule has 2 rings (SSSR count). The van der Waals surface area contributed by atoms with Gasteiger partial charge in [-0.05, 0) is 38.2 Å². The zero-order valence-electron chi connectivity index (χ0n) is 27.9. The zero-order chi connectivity index (χ0) is 36.5. The van der Waals surface area contributed by atoms with Crippen molar-refractivity contribution in [2.75, 3.05) is 6.54 Å². The van der Waals surface area contributed by atoms with Gasteiger partial charge in [-0.3, -0.25) is 28.9 Å². The number of aliphatic carboxylic acids is 2. The van der Waals surface area contributed by atoms with Crippen LogP contribution in [0.5, 0.6) is 0 Å². The summed E-state index contributed by atoms with van der Waals surface area (Å²) >= 11 is 6.74. The molecule has 0 aliphatic carbocycles. The first-order valence-electron chi connectivity index (χ1n) is 15.9. The molecule has 3 atom stereocenters. The lowest BCUT2D eigenvalue weighted by atomic mass is 9.86. The smallest absolute Gasteiger partial charge is 0.323 e. The lowest BCUT2D eigenvalue weighted by molar-refractivity contribution is -0.148. The number of ketones is 1. The number of aliphatic imine (C=N–C) groups is 1. The number of benzene rings is 1. The summed E-state index contributed by atoms with van der Waals surface area (Å²) in [7, 11) is 0. The fraction of sp³-hybridized carbons (Fsp3) is 0.545. The second kappa shape index (κ2) is 20.2. The van der Waals surface area contributed by atoms with E-state index in [1.165, 1.54) is 0 Å². The van der Waals surface area contributed by atoms with Crippen molar-refractivity contribution >= 4 is 57.8 Å². The van der Waals surface area contributed by atoms with E-state index in [2.05, 4.69) is 20.1 Å². The van der Waals surface area contributed by atoms with Crippen molar-refractivity contribution in [2.45, 2.75) is 101 Å². The Hall–Kier alpha value is -4.36. The number of carbonyl (C=O) groups is 4. The van der Waals surface area contributed by atoms with Gasteiger partial charge in [-0.15, -0.1) is 5.10 Å². The van der Waals surface area contributed by atoms with E-state index in [1.807, 2.05) is 30.3 Å². The standard InChI is InChI=1S/C33H45N7O7S2/c1-32(36-3,16-15-27(42)43)22-33(2,49-29(48)23-11-6-4-7-12-23)30(46)47-21-25-20-40(39-38-25)18-9-5-8-14-26(41)19-24(28(44)45)13-10-17-37-31(34)35/h4,6-7,11-12,20,24H,5,8-10,13-19,21-22H2,1-2H3,(H,42,43)(H,44,45)(H4,34,35,37). The number of hydrogen-bond acceptors (Lipinski definition) is 10. The fourth-order valence-corrected chi connectivity index (χ4v) is 6.97. The van der Waals surface area contributed by atoms with Crippen molar-refractivity contribution in [3.8, 4) is 0 Å². The first kappa shape index (κ1) is 40.8. The van der Waals surface area contributed by atoms with Crippen LogP contribution in [0.4, 0.5) is 0 Å². The molecule has 6 N–H and O–H groups in total. The molecular formula is C33H45N7O7S2. The van der Waals surface area contributed by atoms with Crippen LogP contribution in [0.3, 0.4) is 0 Å². The van der Waals surface area contributed by atoms with Gasteiger partial charge in [-0.2, -0.15) is 0 Å². The minimum absolute atomic E-state index is 0.0127. The highest BCUT2D eigenvalue weighted by molar-refractivity contribution is 8.25. The number of Topliss-reactive ketones (excluding diaryl/α,β-unsaturated/α-hetero) is 1. The highest BCUT2D eigenvalue weighted by Gasteiger charge is 2.47. The van der Waals surface area contributed by atoms with Crippen LogP contribution in [-0.4, -0.2) is 75.9 Å². The minimum atomic E-state index is -1.30. The van der Waals surface area contributed by atoms with Crippen LogP contribution in [0.25, 0.3) is 4.85 Å². The lowest BCUT2D eigenvalue weighted by Crippen LogP contribution is -2.42. The molecule has 266 valence electrons. The number of ether oxygens (including phenoxy) is 1. The van der Waals surface area contributed by atoms with Gasteiger partial charge in [-0.1, -0.05) is 65.9 Å². The van der Waals surface area contributed by atoms with Crippen molar-refractivity contribution in [3.05, 3.63) is 59.2 Å². The van der Waals surface area contributed by atoms with Gasteiger partial charge in [0, 0.05) is 39.3 Å². The summed E-state index contributed by atoms with van der Waals surface area (Å²) in [5.74, 6) is -3.58. The van der Waals surface area contributed by atoms with Crippen LogP contribution < -0.4 is 11.5 Å². The Kier molecular flexibility index (Phi) is 16.8. The van der Waals surface area contributed by atoms with Crippen LogP contribution in [-0.2, 0) is 37.1 Å². The Morgan fingerprint density at radius 3 is 2.45 bits per heavy atom. The summed E-state index contributed by atoms with van der Waals surface area (Å²) in [6.45, 7) is 11.7. The Morgan fingerprint density at radius 1 is 1.10 bits per heavy atom. The third-order valence-corrected chi connectivity index (χ3v) is 9.40. The van der Waals surface area contributed by atoms with E-state index in [0.717, 1.165) is 23.7 Å². The maximum Gasteiger partial charge on any atom is 0.323 e. The molecule has 14 nitrogen and oxygen atoms in total. The first-order valence-corrected chi connectivity index (χ1v) is 17.1. The molecule has 0 saturated heterocycles. The number of unbranched alkanes of at least 4 members (excludes halogenated alkanes) is 2. The number of thiocarbonyl (C=S) groups is 1. The summed E-state index contributed by atoms with van der Waals surface area (Å²) in [4.78, 5) is 56.3. The molecule has 2 aromatic rings. The van der Waals surface area contributed by atoms with Crippen LogP contribution in [0, 0.1) is 12.5 Å². The fourth-order valence-electron chi connectivity index (χ4n) is 5.09. The maximum atomic E-state index is 13.6. The number of aryl methyl sites for hydroxylation is 1. The predicted molar refractivity (Wildman–Crippen MR) is 190 cm³/mol. The number of carbonyl (C=O) groups excluding carboxylic acids is 2. The molecule has 16 heteroatoms. The van der Waals surface area contributed by atoms with E-state index >= 15 is 0 Å². The molecule has 0 fully saturated rings. The van der Waals surface area contributed by atoms with E-state index in [4.69, 9.17) is 35.0 Å². The predicted octanol–water partition coefficient (Wildman–Crippen LogP) is 4.40. The zero-order valence-corrected chi connectivity index (χ0v) is 29.5. The molecule has 1 aromatic carbocycles. The Balaban J connectivity index is 1.90. The number of carboxylic acids is 2. The Bertz CT molecular complexity index is 1510. The summed E-state index contributed by atoms with van der Waals surface area (Å²) in [5, 5.41) is 26.8. The third-order valence-electron chi connectivity index (χ3n) is 7.73. The Morgan fingerprint density at radius 2 is 1.82 bits per heavy atom. The molecule has 0 saturated carbocycles. The molecule has 49 heavy (non-hydrogen) atoms. The SMILES string of the molecule is [C-]#[N+]C(C)(CCC(=O)O)CC(C)(SC(=S)c1ccccc1)C(=O)OCc1cn(CCCCCC(=O)CC(CCCN=C(N)N)C(=O)O)nn1. The molecule has 0 radical (unpaired) electrons. The van der Waals surface area contributed by atoms with E-state index in [-0.39, 0.29) is 50.5 Å². The van der Waals surface area contributed by atoms with E-state index in [1.54, 1.807) is 24.7 Å². The topological polar surface area (TPSA) is 217 Å². The minimum Gasteiger partial charge on any atom is -0.481 e. The summed E-state index contributed by atoms with van der Waals surface area (Å²) in [6, 6.07) is 9.16. The number of esters is 1. The average Bonchev–Trinajstić information content (AvgIpc) is 3.51. The van der Waals surface area contributed by atoms with Crippen molar-refractivity contribution in [2.24, 2.45) is 22.4 Å². The van der Waals surface area contributed by atoms with Gasteiger partial charge >= 0.3 is 17.9 Å². The second-order valence-electron chi connectivity index (χ2n) is 12.3. The molecule has 3 unspecified atom stereocenters. The van der Waals surface area contributed by atoms with Gasteiger partial charge in [0.05, 0.1) is 29.2 Å². The van der Waals surface area contributed by atoms with Crippen molar-refractivity contribution in [1.29, 1.82) is 0 Å². The van der Waals surface area contributed by atoms with Crippen molar-refractivity contribution < 1.29 is 34.1 Å². The summed E-state index contributed by atoms with van der Waals surface area (Å²) < 4.78 is 6.43. The van der Waals surface area contributed by atoms with Crippen LogP contribution in [0.15, 0.2) is 41.5 Å². The molecular weight excluding hydrogens is 671 g/mol. The van der Waals surface area contributed by atoms with Crippen molar-refractivity contribution in [3.63, 3.8) is 0 Å². The van der Waals surface area contributed by atoms with Gasteiger partial charge < -0.3 is 31.3 Å². The molecule has 1 heterocycles. The van der Waals surface area contributed by atoms with E-state index in [9.17, 15) is 29.4 Å². The van der Waals surface area contributed by atoms with Gasteiger partial charge in [0.1, 0.15) is 22.8 Å². The normalized spacial score (nSPS) is 14.0. The van der Waals surface area contributed by atoms with E-state index in [0.29, 0.717) is 48.7 Å². The number of guanidine groups is 1. The van der Waals surface area contributed by atoms with Crippen LogP contribution >= 0.6 is 24.0 Å². The van der Waals surface area contributed by atoms with Gasteiger partial charge in [0.2, 0.25) is 5.54 Å². The highest BCUT2D eigenvalue weighted by Crippen LogP contribution is 2.40. The number of nitrogens with two attached hydrogens (primary N) is 2. The molecule has 0 aliphatic rings. The molecule has 0 aliphatic heterocycles. The first-order chi connectivity index (χ1) is 23.2. The summed E-state index contributed by atoms with van der Waals surface area (Å²) in [5.41, 5.74) is 10.6. The third kappa shape index (κ3) is 15.2. The monoisotopic (exact) mass is 715 g/mol. The molecule has 1 aromatic heterocycles. The summed E-state index contributed by atoms with van der Waals surface area (Å²) in [6.07, 6.45) is 4.57.